The molecule has 0 aliphatic carbocycles. The van der Waals surface area contributed by atoms with E-state index in [0.717, 1.165) is 9.90 Å². The first-order valence-corrected chi connectivity index (χ1v) is 9.79. The van der Waals surface area contributed by atoms with Gasteiger partial charge in [0.1, 0.15) is 5.15 Å². The van der Waals surface area contributed by atoms with Gasteiger partial charge in [-0.2, -0.15) is 0 Å². The summed E-state index contributed by atoms with van der Waals surface area (Å²) in [4.78, 5) is 27.4. The van der Waals surface area contributed by atoms with Crippen LogP contribution in [0.2, 0.25) is 5.15 Å². The van der Waals surface area contributed by atoms with Crippen LogP contribution in [0.5, 0.6) is 0 Å². The highest BCUT2D eigenvalue weighted by molar-refractivity contribution is 8.00. The second-order valence-electron chi connectivity index (χ2n) is 5.17. The van der Waals surface area contributed by atoms with Gasteiger partial charge in [0.05, 0.1) is 18.2 Å². The van der Waals surface area contributed by atoms with Crippen molar-refractivity contribution in [3.63, 3.8) is 0 Å². The van der Waals surface area contributed by atoms with Gasteiger partial charge >= 0.3 is 5.97 Å². The van der Waals surface area contributed by atoms with Gasteiger partial charge in [0, 0.05) is 11.9 Å². The van der Waals surface area contributed by atoms with Crippen LogP contribution in [-0.2, 0) is 10.5 Å². The lowest BCUT2D eigenvalue weighted by Gasteiger charge is -2.01. The highest BCUT2D eigenvalue weighted by atomic mass is 35.5. The van der Waals surface area contributed by atoms with Crippen molar-refractivity contribution in [2.45, 2.75) is 10.1 Å². The maximum absolute atomic E-state index is 12.1. The Morgan fingerprint density at radius 1 is 1.15 bits per heavy atom. The summed E-state index contributed by atoms with van der Waals surface area (Å²) in [5.74, 6) is -0.0367. The number of anilines is 1. The standard InChI is InChI=1S/C17H13ClN4O3S2/c1-25-15(24)11-4-2-10(3-5-11)9-26-17-22-21-16(27-17)20-14(23)12-6-7-13(18)19-8-12/h2-8H,9H2,1H3,(H,20,21,23). The zero-order valence-electron chi connectivity index (χ0n) is 14.0. The van der Waals surface area contributed by atoms with E-state index in [0.29, 0.717) is 27.2 Å². The number of benzene rings is 1. The van der Waals surface area contributed by atoms with Crippen molar-refractivity contribution in [3.05, 3.63) is 64.4 Å². The predicted octanol–water partition coefficient (Wildman–Crippen LogP) is 3.92. The van der Waals surface area contributed by atoms with Gasteiger partial charge in [-0.05, 0) is 29.8 Å². The van der Waals surface area contributed by atoms with E-state index in [4.69, 9.17) is 11.6 Å². The highest BCUT2D eigenvalue weighted by Crippen LogP contribution is 2.28. The smallest absolute Gasteiger partial charge is 0.337 e. The summed E-state index contributed by atoms with van der Waals surface area (Å²) in [7, 11) is 1.35. The van der Waals surface area contributed by atoms with E-state index < -0.39 is 0 Å². The third-order valence-corrected chi connectivity index (χ3v) is 5.62. The van der Waals surface area contributed by atoms with E-state index in [1.54, 1.807) is 24.3 Å². The maximum atomic E-state index is 12.1. The van der Waals surface area contributed by atoms with Gasteiger partial charge < -0.3 is 4.74 Å². The molecule has 0 atom stereocenters. The number of hydrogen-bond acceptors (Lipinski definition) is 8. The Morgan fingerprint density at radius 2 is 1.89 bits per heavy atom. The second kappa shape index (κ2) is 8.94. The lowest BCUT2D eigenvalue weighted by atomic mass is 10.1. The first-order chi connectivity index (χ1) is 13.0. The summed E-state index contributed by atoms with van der Waals surface area (Å²) in [6.45, 7) is 0. The minimum atomic E-state index is -0.366. The summed E-state index contributed by atoms with van der Waals surface area (Å²) in [5, 5.41) is 11.4. The second-order valence-corrected chi connectivity index (χ2v) is 7.76. The number of esters is 1. The number of halogens is 1. The Bertz CT molecular complexity index is 946. The van der Waals surface area contributed by atoms with Crippen LogP contribution in [0.15, 0.2) is 46.9 Å². The van der Waals surface area contributed by atoms with Gasteiger partial charge in [-0.25, -0.2) is 9.78 Å². The Hall–Kier alpha value is -2.49. The third-order valence-electron chi connectivity index (χ3n) is 3.35. The van der Waals surface area contributed by atoms with E-state index in [1.807, 2.05) is 12.1 Å². The van der Waals surface area contributed by atoms with E-state index in [1.165, 1.54) is 36.4 Å². The molecule has 3 aromatic rings. The molecule has 10 heteroatoms. The SMILES string of the molecule is COC(=O)c1ccc(CSc2nnc(NC(=O)c3ccc(Cl)nc3)s2)cc1. The Labute approximate surface area is 168 Å². The van der Waals surface area contributed by atoms with Crippen molar-refractivity contribution < 1.29 is 14.3 Å². The Kier molecular flexibility index (Phi) is 6.38. The third kappa shape index (κ3) is 5.25. The number of ether oxygens (including phenoxy) is 1. The van der Waals surface area contributed by atoms with Crippen LogP contribution >= 0.6 is 34.7 Å². The lowest BCUT2D eigenvalue weighted by Crippen LogP contribution is -2.11. The molecule has 1 aromatic carbocycles. The van der Waals surface area contributed by atoms with Crippen molar-refractivity contribution in [1.82, 2.24) is 15.2 Å². The maximum Gasteiger partial charge on any atom is 0.337 e. The molecular weight excluding hydrogens is 408 g/mol. The van der Waals surface area contributed by atoms with E-state index in [9.17, 15) is 9.59 Å². The predicted molar refractivity (Wildman–Crippen MR) is 104 cm³/mol. The van der Waals surface area contributed by atoms with Crippen LogP contribution in [0, 0.1) is 0 Å². The van der Waals surface area contributed by atoms with Crippen LogP contribution < -0.4 is 5.32 Å². The molecule has 7 nitrogen and oxygen atoms in total. The molecule has 2 heterocycles. The number of amides is 1. The number of pyridine rings is 1. The average molecular weight is 421 g/mol. The molecule has 0 aliphatic heterocycles. The van der Waals surface area contributed by atoms with Gasteiger partial charge in [0.25, 0.3) is 5.91 Å². The zero-order chi connectivity index (χ0) is 19.2. The quantitative estimate of drug-likeness (QED) is 0.279. The number of aromatic nitrogens is 3. The fraction of sp³-hybridized carbons (Fsp3) is 0.118. The van der Waals surface area contributed by atoms with E-state index in [2.05, 4.69) is 25.2 Å². The lowest BCUT2D eigenvalue weighted by molar-refractivity contribution is 0.0600. The number of nitrogens with zero attached hydrogens (tertiary/aromatic N) is 3. The monoisotopic (exact) mass is 420 g/mol. The summed E-state index contributed by atoms with van der Waals surface area (Å²) in [5.41, 5.74) is 1.92. The van der Waals surface area contributed by atoms with Crippen LogP contribution in [0.25, 0.3) is 0 Å². The minimum absolute atomic E-state index is 0.320. The largest absolute Gasteiger partial charge is 0.465 e. The molecule has 0 radical (unpaired) electrons. The van der Waals surface area contributed by atoms with Crippen molar-refractivity contribution in [2.24, 2.45) is 0 Å². The number of rotatable bonds is 6. The number of hydrogen-bond donors (Lipinski definition) is 1. The highest BCUT2D eigenvalue weighted by Gasteiger charge is 2.11. The molecule has 1 amide bonds. The normalized spacial score (nSPS) is 10.4. The molecule has 0 aliphatic rings. The molecule has 0 unspecified atom stereocenters. The fourth-order valence-corrected chi connectivity index (χ4v) is 3.81. The van der Waals surface area contributed by atoms with Gasteiger partial charge in [0.2, 0.25) is 5.13 Å². The van der Waals surface area contributed by atoms with E-state index in [-0.39, 0.29) is 11.9 Å². The number of thioether (sulfide) groups is 1. The Balaban J connectivity index is 1.55. The van der Waals surface area contributed by atoms with Gasteiger partial charge in [-0.3, -0.25) is 10.1 Å². The number of carbonyl (C=O) groups is 2. The van der Waals surface area contributed by atoms with Crippen LogP contribution in [0.1, 0.15) is 26.3 Å². The molecule has 1 N–H and O–H groups in total. The molecule has 0 spiro atoms. The minimum Gasteiger partial charge on any atom is -0.465 e. The number of methoxy groups -OCH3 is 1. The molecule has 0 saturated heterocycles. The van der Waals surface area contributed by atoms with E-state index >= 15 is 0 Å². The molecule has 27 heavy (non-hydrogen) atoms. The van der Waals surface area contributed by atoms with Crippen molar-refractivity contribution in [3.8, 4) is 0 Å². The van der Waals surface area contributed by atoms with Crippen LogP contribution in [0.3, 0.4) is 0 Å². The number of nitrogens with one attached hydrogen (secondary N) is 1. The van der Waals surface area contributed by atoms with Crippen LogP contribution in [-0.4, -0.2) is 34.2 Å². The molecule has 3 rings (SSSR count). The van der Waals surface area contributed by atoms with Crippen LogP contribution in [0.4, 0.5) is 5.13 Å². The van der Waals surface area contributed by atoms with Gasteiger partial charge in [0.15, 0.2) is 4.34 Å². The summed E-state index contributed by atoms with van der Waals surface area (Å²) < 4.78 is 5.39. The Morgan fingerprint density at radius 3 is 2.56 bits per heavy atom. The summed E-state index contributed by atoms with van der Waals surface area (Å²) in [6, 6.07) is 10.3. The van der Waals surface area contributed by atoms with Crippen molar-refractivity contribution in [2.75, 3.05) is 12.4 Å². The molecule has 2 aromatic heterocycles. The molecule has 0 saturated carbocycles. The molecule has 0 bridgehead atoms. The van der Waals surface area contributed by atoms with Crippen molar-refractivity contribution in [1.29, 1.82) is 0 Å². The zero-order valence-corrected chi connectivity index (χ0v) is 16.4. The average Bonchev–Trinajstić information content (AvgIpc) is 3.14. The fourth-order valence-electron chi connectivity index (χ4n) is 2.00. The van der Waals surface area contributed by atoms with Crippen molar-refractivity contribution >= 4 is 51.7 Å². The molecule has 0 fully saturated rings. The first-order valence-electron chi connectivity index (χ1n) is 7.61. The topological polar surface area (TPSA) is 94.1 Å². The van der Waals surface area contributed by atoms with Gasteiger partial charge in [-0.1, -0.05) is 46.8 Å². The molecular formula is C17H13ClN4O3S2. The first kappa shape index (κ1) is 19.3. The summed E-state index contributed by atoms with van der Waals surface area (Å²) in [6.07, 6.45) is 1.40. The molecule has 138 valence electrons. The van der Waals surface area contributed by atoms with Gasteiger partial charge in [-0.15, -0.1) is 10.2 Å². The number of carbonyl (C=O) groups excluding carboxylic acids is 2. The summed E-state index contributed by atoms with van der Waals surface area (Å²) >= 11 is 8.47.